The summed E-state index contributed by atoms with van der Waals surface area (Å²) in [7, 11) is 0. The lowest BCUT2D eigenvalue weighted by Crippen LogP contribution is -2.05. The minimum Gasteiger partial charge on any atom is -0.399 e. The van der Waals surface area contributed by atoms with Gasteiger partial charge in [-0.1, -0.05) is 12.7 Å². The van der Waals surface area contributed by atoms with Crippen LogP contribution < -0.4 is 5.73 Å². The lowest BCUT2D eigenvalue weighted by atomic mass is 10.1. The number of halogens is 3. The Balaban J connectivity index is 3.24. The van der Waals surface area contributed by atoms with Gasteiger partial charge in [0.25, 0.3) is 0 Å². The van der Waals surface area contributed by atoms with Gasteiger partial charge >= 0.3 is 6.18 Å². The Morgan fingerprint density at radius 3 is 2.31 bits per heavy atom. The second kappa shape index (κ2) is 3.12. The van der Waals surface area contributed by atoms with Crippen LogP contribution in [0.5, 0.6) is 0 Å². The van der Waals surface area contributed by atoms with Crippen LogP contribution in [-0.4, -0.2) is 0 Å². The summed E-state index contributed by atoms with van der Waals surface area (Å²) in [6, 6.07) is 3.33. The quantitative estimate of drug-likeness (QED) is 0.672. The standard InChI is InChI=1S/C9H8F3N/c1-2-6-3-7(9(10,11)12)5-8(13)4-6/h2-5H,1,13H2. The van der Waals surface area contributed by atoms with Gasteiger partial charge in [0.2, 0.25) is 0 Å². The summed E-state index contributed by atoms with van der Waals surface area (Å²) in [5, 5.41) is 0. The van der Waals surface area contributed by atoms with Gasteiger partial charge in [0.05, 0.1) is 5.56 Å². The van der Waals surface area contributed by atoms with E-state index in [2.05, 4.69) is 6.58 Å². The van der Waals surface area contributed by atoms with Crippen LogP contribution in [0.3, 0.4) is 0 Å². The molecule has 1 aromatic carbocycles. The molecule has 2 N–H and O–H groups in total. The second-order valence-electron chi connectivity index (χ2n) is 2.59. The molecule has 1 rings (SSSR count). The first-order valence-electron chi connectivity index (χ1n) is 3.53. The van der Waals surface area contributed by atoms with Crippen molar-refractivity contribution in [2.24, 2.45) is 0 Å². The minimum atomic E-state index is -4.35. The van der Waals surface area contributed by atoms with Crippen LogP contribution in [0.15, 0.2) is 24.8 Å². The first-order valence-corrected chi connectivity index (χ1v) is 3.53. The van der Waals surface area contributed by atoms with Crippen molar-refractivity contribution in [3.8, 4) is 0 Å². The van der Waals surface area contributed by atoms with Gasteiger partial charge in [-0.3, -0.25) is 0 Å². The van der Waals surface area contributed by atoms with Crippen molar-refractivity contribution in [3.05, 3.63) is 35.9 Å². The summed E-state index contributed by atoms with van der Waals surface area (Å²) >= 11 is 0. The maximum Gasteiger partial charge on any atom is 0.416 e. The zero-order valence-electron chi connectivity index (χ0n) is 6.73. The fourth-order valence-corrected chi connectivity index (χ4v) is 0.958. The Hall–Kier alpha value is -1.45. The molecule has 0 heterocycles. The number of nitrogen functional groups attached to an aromatic ring is 1. The van der Waals surface area contributed by atoms with Crippen LogP contribution >= 0.6 is 0 Å². The molecule has 0 aliphatic rings. The lowest BCUT2D eigenvalue weighted by molar-refractivity contribution is -0.137. The van der Waals surface area contributed by atoms with E-state index in [0.717, 1.165) is 12.1 Å². The third-order valence-corrected chi connectivity index (χ3v) is 1.54. The van der Waals surface area contributed by atoms with Crippen LogP contribution in [0.25, 0.3) is 6.08 Å². The highest BCUT2D eigenvalue weighted by molar-refractivity contribution is 5.56. The van der Waals surface area contributed by atoms with Crippen molar-refractivity contribution in [1.82, 2.24) is 0 Å². The average molecular weight is 187 g/mol. The number of hydrogen-bond acceptors (Lipinski definition) is 1. The van der Waals surface area contributed by atoms with E-state index >= 15 is 0 Å². The van der Waals surface area contributed by atoms with Crippen LogP contribution in [0.1, 0.15) is 11.1 Å². The lowest BCUT2D eigenvalue weighted by Gasteiger charge is -2.08. The minimum absolute atomic E-state index is 0.0877. The van der Waals surface area contributed by atoms with Gasteiger partial charge in [-0.05, 0) is 23.8 Å². The van der Waals surface area contributed by atoms with Gasteiger partial charge in [-0.25, -0.2) is 0 Å². The van der Waals surface area contributed by atoms with E-state index in [1.165, 1.54) is 12.1 Å². The molecule has 4 heteroatoms. The van der Waals surface area contributed by atoms with Gasteiger partial charge in [-0.15, -0.1) is 0 Å². The molecule has 0 aliphatic heterocycles. The third kappa shape index (κ3) is 2.24. The molecule has 1 aromatic rings. The zero-order chi connectivity index (χ0) is 10.1. The van der Waals surface area contributed by atoms with Gasteiger partial charge in [0.15, 0.2) is 0 Å². The number of anilines is 1. The van der Waals surface area contributed by atoms with E-state index < -0.39 is 11.7 Å². The predicted molar refractivity (Wildman–Crippen MR) is 45.9 cm³/mol. The zero-order valence-corrected chi connectivity index (χ0v) is 6.73. The molecule has 70 valence electrons. The molecule has 0 fully saturated rings. The van der Waals surface area contributed by atoms with Crippen molar-refractivity contribution in [3.63, 3.8) is 0 Å². The van der Waals surface area contributed by atoms with Crippen molar-refractivity contribution in [1.29, 1.82) is 0 Å². The number of hydrogen-bond donors (Lipinski definition) is 1. The first-order chi connectivity index (χ1) is 5.93. The van der Waals surface area contributed by atoms with Gasteiger partial charge in [0.1, 0.15) is 0 Å². The first kappa shape index (κ1) is 9.64. The molecular weight excluding hydrogens is 179 g/mol. The highest BCUT2D eigenvalue weighted by Gasteiger charge is 2.30. The second-order valence-corrected chi connectivity index (χ2v) is 2.59. The van der Waals surface area contributed by atoms with Gasteiger partial charge in [0, 0.05) is 5.69 Å². The molecule has 0 spiro atoms. The van der Waals surface area contributed by atoms with E-state index in [0.29, 0.717) is 5.56 Å². The topological polar surface area (TPSA) is 26.0 Å². The van der Waals surface area contributed by atoms with E-state index in [1.807, 2.05) is 0 Å². The fraction of sp³-hybridized carbons (Fsp3) is 0.111. The van der Waals surface area contributed by atoms with E-state index in [9.17, 15) is 13.2 Å². The molecule has 0 amide bonds. The number of benzene rings is 1. The van der Waals surface area contributed by atoms with Crippen LogP contribution in [0.4, 0.5) is 18.9 Å². The number of alkyl halides is 3. The highest BCUT2D eigenvalue weighted by atomic mass is 19.4. The summed E-state index contributed by atoms with van der Waals surface area (Å²) in [5.74, 6) is 0. The van der Waals surface area contributed by atoms with Crippen LogP contribution in [-0.2, 0) is 6.18 Å². The number of nitrogens with two attached hydrogens (primary N) is 1. The molecule has 1 nitrogen and oxygen atoms in total. The van der Waals surface area contributed by atoms with Gasteiger partial charge < -0.3 is 5.73 Å². The average Bonchev–Trinajstić information content (AvgIpc) is 2.01. The highest BCUT2D eigenvalue weighted by Crippen LogP contribution is 2.31. The Morgan fingerprint density at radius 1 is 1.23 bits per heavy atom. The fourth-order valence-electron chi connectivity index (χ4n) is 0.958. The summed E-state index contributed by atoms with van der Waals surface area (Å²) in [6.07, 6.45) is -3.03. The maximum absolute atomic E-state index is 12.2. The molecule has 0 aromatic heterocycles. The number of rotatable bonds is 1. The van der Waals surface area contributed by atoms with Gasteiger partial charge in [-0.2, -0.15) is 13.2 Å². The molecule has 13 heavy (non-hydrogen) atoms. The Morgan fingerprint density at radius 2 is 1.85 bits per heavy atom. The summed E-state index contributed by atoms with van der Waals surface area (Å²) in [5.41, 5.74) is 4.99. The van der Waals surface area contributed by atoms with Crippen molar-refractivity contribution >= 4 is 11.8 Å². The van der Waals surface area contributed by atoms with Crippen LogP contribution in [0, 0.1) is 0 Å². The molecule has 0 aliphatic carbocycles. The normalized spacial score (nSPS) is 11.3. The Labute approximate surface area is 73.7 Å². The van der Waals surface area contributed by atoms with Crippen LogP contribution in [0.2, 0.25) is 0 Å². The third-order valence-electron chi connectivity index (χ3n) is 1.54. The summed E-state index contributed by atoms with van der Waals surface area (Å²) in [4.78, 5) is 0. The van der Waals surface area contributed by atoms with Crippen molar-refractivity contribution < 1.29 is 13.2 Å². The largest absolute Gasteiger partial charge is 0.416 e. The maximum atomic E-state index is 12.2. The monoisotopic (exact) mass is 187 g/mol. The van der Waals surface area contributed by atoms with E-state index in [1.54, 1.807) is 0 Å². The van der Waals surface area contributed by atoms with E-state index in [4.69, 9.17) is 5.73 Å². The Bertz CT molecular complexity index is 328. The SMILES string of the molecule is C=Cc1cc(N)cc(C(F)(F)F)c1. The van der Waals surface area contributed by atoms with Crippen molar-refractivity contribution in [2.75, 3.05) is 5.73 Å². The molecule has 0 unspecified atom stereocenters. The molecule has 0 bridgehead atoms. The smallest absolute Gasteiger partial charge is 0.399 e. The molecular formula is C9H8F3N. The van der Waals surface area contributed by atoms with E-state index in [-0.39, 0.29) is 5.69 Å². The summed E-state index contributed by atoms with van der Waals surface area (Å²) < 4.78 is 36.6. The molecule has 0 atom stereocenters. The van der Waals surface area contributed by atoms with Crippen molar-refractivity contribution in [2.45, 2.75) is 6.18 Å². The molecule has 0 radical (unpaired) electrons. The Kier molecular flexibility index (Phi) is 2.32. The predicted octanol–water partition coefficient (Wildman–Crippen LogP) is 2.93. The molecule has 0 saturated heterocycles. The molecule has 0 saturated carbocycles. The summed E-state index contributed by atoms with van der Waals surface area (Å²) in [6.45, 7) is 3.37.